The first kappa shape index (κ1) is 15.6. The number of aromatic nitrogens is 3. The Hall–Kier alpha value is -1.89. The van der Waals surface area contributed by atoms with Crippen LogP contribution in [0.4, 0.5) is 4.39 Å². The zero-order chi connectivity index (χ0) is 16.7. The van der Waals surface area contributed by atoms with Gasteiger partial charge in [0.15, 0.2) is 5.16 Å². The number of benzene rings is 1. The summed E-state index contributed by atoms with van der Waals surface area (Å²) in [7, 11) is 1.94. The lowest BCUT2D eigenvalue weighted by atomic mass is 10.1. The van der Waals surface area contributed by atoms with Crippen LogP contribution in [0.3, 0.4) is 0 Å². The lowest BCUT2D eigenvalue weighted by molar-refractivity contribution is -0.120. The molecule has 0 saturated heterocycles. The van der Waals surface area contributed by atoms with E-state index in [9.17, 15) is 9.18 Å². The van der Waals surface area contributed by atoms with Gasteiger partial charge in [0.25, 0.3) is 0 Å². The molecular formula is C17H19FN4OS. The van der Waals surface area contributed by atoms with E-state index in [2.05, 4.69) is 15.5 Å². The van der Waals surface area contributed by atoms with E-state index >= 15 is 0 Å². The first-order valence-electron chi connectivity index (χ1n) is 8.23. The second kappa shape index (κ2) is 6.20. The highest BCUT2D eigenvalue weighted by atomic mass is 32.2. The molecule has 7 heteroatoms. The summed E-state index contributed by atoms with van der Waals surface area (Å²) in [5.74, 6) is 1.13. The third-order valence-corrected chi connectivity index (χ3v) is 5.66. The van der Waals surface area contributed by atoms with E-state index < -0.39 is 5.25 Å². The molecular weight excluding hydrogens is 327 g/mol. The third kappa shape index (κ3) is 3.31. The number of rotatable bonds is 6. The molecule has 0 radical (unpaired) electrons. The summed E-state index contributed by atoms with van der Waals surface area (Å²) in [6.45, 7) is 0. The van der Waals surface area contributed by atoms with Gasteiger partial charge in [0.2, 0.25) is 5.91 Å². The summed E-state index contributed by atoms with van der Waals surface area (Å²) in [5, 5.41) is 11.8. The van der Waals surface area contributed by atoms with Gasteiger partial charge in [0, 0.05) is 19.0 Å². The van der Waals surface area contributed by atoms with E-state index in [1.165, 1.54) is 23.9 Å². The van der Waals surface area contributed by atoms with Gasteiger partial charge in [-0.25, -0.2) is 4.39 Å². The van der Waals surface area contributed by atoms with Gasteiger partial charge in [-0.2, -0.15) is 0 Å². The fourth-order valence-corrected chi connectivity index (χ4v) is 3.67. The molecule has 1 aromatic carbocycles. The summed E-state index contributed by atoms with van der Waals surface area (Å²) < 4.78 is 15.2. The van der Waals surface area contributed by atoms with Crippen molar-refractivity contribution >= 4 is 17.7 Å². The van der Waals surface area contributed by atoms with Crippen molar-refractivity contribution in [3.63, 3.8) is 0 Å². The monoisotopic (exact) mass is 346 g/mol. The number of hydrogen-bond acceptors (Lipinski definition) is 4. The molecule has 1 N–H and O–H groups in total. The number of carbonyl (C=O) groups excluding carboxylic acids is 1. The van der Waals surface area contributed by atoms with Crippen molar-refractivity contribution in [3.05, 3.63) is 41.5 Å². The van der Waals surface area contributed by atoms with E-state index in [1.54, 1.807) is 12.1 Å². The Morgan fingerprint density at radius 1 is 1.25 bits per heavy atom. The normalized spacial score (nSPS) is 18.4. The predicted octanol–water partition coefficient (Wildman–Crippen LogP) is 2.94. The Morgan fingerprint density at radius 2 is 1.96 bits per heavy atom. The molecule has 0 spiro atoms. The van der Waals surface area contributed by atoms with Gasteiger partial charge >= 0.3 is 0 Å². The van der Waals surface area contributed by atoms with Crippen LogP contribution in [0.5, 0.6) is 0 Å². The van der Waals surface area contributed by atoms with Crippen molar-refractivity contribution in [2.45, 2.75) is 48.0 Å². The fraction of sp³-hybridized carbons (Fsp3) is 0.471. The minimum atomic E-state index is -0.457. The highest BCUT2D eigenvalue weighted by Gasteiger charge is 2.33. The first-order valence-corrected chi connectivity index (χ1v) is 9.11. The average Bonchev–Trinajstić information content (AvgIpc) is 3.48. The molecule has 2 aromatic rings. The molecule has 2 saturated carbocycles. The van der Waals surface area contributed by atoms with Crippen molar-refractivity contribution in [1.82, 2.24) is 20.1 Å². The standard InChI is InChI=1S/C17H19FN4OS/c1-22-15(11-2-3-11)20-21-17(22)24-14(16(23)19-13-8-9-13)10-4-6-12(18)7-5-10/h4-7,11,13-14H,2-3,8-9H2,1H3,(H,19,23)/t14-/m0/s1. The van der Waals surface area contributed by atoms with Gasteiger partial charge in [0.05, 0.1) is 0 Å². The van der Waals surface area contributed by atoms with Crippen LogP contribution in [0, 0.1) is 5.82 Å². The maximum absolute atomic E-state index is 13.2. The van der Waals surface area contributed by atoms with Crippen LogP contribution in [0.1, 0.15) is 48.2 Å². The number of hydrogen-bond donors (Lipinski definition) is 1. The minimum absolute atomic E-state index is 0.0509. The van der Waals surface area contributed by atoms with Crippen LogP contribution in [0.15, 0.2) is 29.4 Å². The maximum atomic E-state index is 13.2. The molecule has 5 nitrogen and oxygen atoms in total. The largest absolute Gasteiger partial charge is 0.352 e. The van der Waals surface area contributed by atoms with Crippen LogP contribution in [0.2, 0.25) is 0 Å². The minimum Gasteiger partial charge on any atom is -0.352 e. The van der Waals surface area contributed by atoms with Crippen LogP contribution in [-0.4, -0.2) is 26.7 Å². The smallest absolute Gasteiger partial charge is 0.238 e. The van der Waals surface area contributed by atoms with Gasteiger partial charge in [-0.1, -0.05) is 23.9 Å². The molecule has 1 amide bonds. The van der Waals surface area contributed by atoms with Crippen molar-refractivity contribution in [2.24, 2.45) is 7.05 Å². The summed E-state index contributed by atoms with van der Waals surface area (Å²) in [5.41, 5.74) is 0.774. The second-order valence-electron chi connectivity index (χ2n) is 6.51. The fourth-order valence-electron chi connectivity index (χ4n) is 2.65. The van der Waals surface area contributed by atoms with Crippen molar-refractivity contribution in [2.75, 3.05) is 0 Å². The molecule has 1 aromatic heterocycles. The van der Waals surface area contributed by atoms with E-state index in [-0.39, 0.29) is 17.8 Å². The van der Waals surface area contributed by atoms with Crippen molar-refractivity contribution in [3.8, 4) is 0 Å². The lowest BCUT2D eigenvalue weighted by Gasteiger charge is -2.16. The van der Waals surface area contributed by atoms with Crippen LogP contribution < -0.4 is 5.32 Å². The molecule has 0 aliphatic heterocycles. The number of thioether (sulfide) groups is 1. The van der Waals surface area contributed by atoms with E-state index in [1.807, 2.05) is 11.6 Å². The molecule has 1 atom stereocenters. The molecule has 0 bridgehead atoms. The Kier molecular flexibility index (Phi) is 4.04. The number of nitrogens with one attached hydrogen (secondary N) is 1. The number of amides is 1. The molecule has 24 heavy (non-hydrogen) atoms. The van der Waals surface area contributed by atoms with E-state index in [0.29, 0.717) is 5.92 Å². The van der Waals surface area contributed by atoms with E-state index in [4.69, 9.17) is 0 Å². The van der Waals surface area contributed by atoms with Crippen molar-refractivity contribution < 1.29 is 9.18 Å². The SMILES string of the molecule is Cn1c(S[C@H](C(=O)NC2CC2)c2ccc(F)cc2)nnc1C1CC1. The molecule has 4 rings (SSSR count). The molecule has 1 heterocycles. The topological polar surface area (TPSA) is 59.8 Å². The highest BCUT2D eigenvalue weighted by Crippen LogP contribution is 2.41. The molecule has 2 aliphatic carbocycles. The zero-order valence-electron chi connectivity index (χ0n) is 13.4. The van der Waals surface area contributed by atoms with Crippen LogP contribution in [-0.2, 0) is 11.8 Å². The summed E-state index contributed by atoms with van der Waals surface area (Å²) in [6, 6.07) is 6.39. The quantitative estimate of drug-likeness (QED) is 0.817. The van der Waals surface area contributed by atoms with Crippen LogP contribution >= 0.6 is 11.8 Å². The molecule has 126 valence electrons. The van der Waals surface area contributed by atoms with E-state index in [0.717, 1.165) is 42.2 Å². The Bertz CT molecular complexity index is 752. The predicted molar refractivity (Wildman–Crippen MR) is 89.1 cm³/mol. The van der Waals surface area contributed by atoms with Gasteiger partial charge in [-0.05, 0) is 43.4 Å². The second-order valence-corrected chi connectivity index (χ2v) is 7.58. The highest BCUT2D eigenvalue weighted by molar-refractivity contribution is 8.00. The van der Waals surface area contributed by atoms with Gasteiger partial charge in [-0.3, -0.25) is 4.79 Å². The first-order chi connectivity index (χ1) is 11.6. The summed E-state index contributed by atoms with van der Waals surface area (Å²) in [4.78, 5) is 12.7. The Balaban J connectivity index is 1.59. The number of nitrogens with zero attached hydrogens (tertiary/aromatic N) is 3. The number of halogens is 1. The molecule has 2 fully saturated rings. The lowest BCUT2D eigenvalue weighted by Crippen LogP contribution is -2.30. The molecule has 2 aliphatic rings. The van der Waals surface area contributed by atoms with Gasteiger partial charge in [-0.15, -0.1) is 10.2 Å². The average molecular weight is 346 g/mol. The molecule has 0 unspecified atom stereocenters. The zero-order valence-corrected chi connectivity index (χ0v) is 14.2. The Morgan fingerprint density at radius 3 is 2.58 bits per heavy atom. The summed E-state index contributed by atoms with van der Waals surface area (Å²) in [6.07, 6.45) is 4.37. The van der Waals surface area contributed by atoms with Crippen molar-refractivity contribution in [1.29, 1.82) is 0 Å². The Labute approximate surface area is 144 Å². The third-order valence-electron chi connectivity index (χ3n) is 4.37. The van der Waals surface area contributed by atoms with Gasteiger partial charge < -0.3 is 9.88 Å². The van der Waals surface area contributed by atoms with Crippen LogP contribution in [0.25, 0.3) is 0 Å². The maximum Gasteiger partial charge on any atom is 0.238 e. The summed E-state index contributed by atoms with van der Waals surface area (Å²) >= 11 is 1.37. The van der Waals surface area contributed by atoms with Gasteiger partial charge in [0.1, 0.15) is 16.9 Å². The number of carbonyl (C=O) groups is 1.